The van der Waals surface area contributed by atoms with Crippen molar-refractivity contribution in [2.45, 2.75) is 20.4 Å². The first-order chi connectivity index (χ1) is 9.65. The second-order valence-electron chi connectivity index (χ2n) is 4.75. The molecule has 0 fully saturated rings. The Morgan fingerprint density at radius 1 is 1.35 bits per heavy atom. The number of aromatic nitrogens is 2. The summed E-state index contributed by atoms with van der Waals surface area (Å²) < 4.78 is 0. The van der Waals surface area contributed by atoms with Gasteiger partial charge >= 0.3 is 0 Å². The van der Waals surface area contributed by atoms with Gasteiger partial charge in [-0.1, -0.05) is 18.2 Å². The molecule has 0 aliphatic carbocycles. The van der Waals surface area contributed by atoms with Gasteiger partial charge in [-0.2, -0.15) is 5.10 Å². The number of H-pyrrole nitrogens is 1. The van der Waals surface area contributed by atoms with Crippen molar-refractivity contribution < 1.29 is 4.79 Å². The maximum atomic E-state index is 12.2. The number of rotatable bonds is 3. The summed E-state index contributed by atoms with van der Waals surface area (Å²) in [4.78, 5) is 14.6. The summed E-state index contributed by atoms with van der Waals surface area (Å²) in [6.07, 6.45) is 0. The Balaban J connectivity index is 1.76. The van der Waals surface area contributed by atoms with E-state index in [0.717, 1.165) is 15.8 Å². The van der Waals surface area contributed by atoms with Crippen molar-refractivity contribution >= 4 is 28.1 Å². The van der Waals surface area contributed by atoms with E-state index in [1.54, 1.807) is 11.3 Å². The molecule has 1 aromatic carbocycles. The number of nitrogens with one attached hydrogen (secondary N) is 2. The van der Waals surface area contributed by atoms with E-state index >= 15 is 0 Å². The third kappa shape index (κ3) is 2.32. The summed E-state index contributed by atoms with van der Waals surface area (Å²) in [7, 11) is 0. The van der Waals surface area contributed by atoms with Gasteiger partial charge in [0, 0.05) is 15.1 Å². The van der Waals surface area contributed by atoms with Crippen LogP contribution in [0.1, 0.15) is 25.8 Å². The minimum absolute atomic E-state index is 0.147. The lowest BCUT2D eigenvalue weighted by atomic mass is 10.2. The van der Waals surface area contributed by atoms with Crippen molar-refractivity contribution in [1.82, 2.24) is 15.5 Å². The first kappa shape index (κ1) is 12.9. The number of hydrogen-bond donors (Lipinski definition) is 2. The van der Waals surface area contributed by atoms with Crippen LogP contribution in [0.4, 0.5) is 0 Å². The highest BCUT2D eigenvalue weighted by Crippen LogP contribution is 2.20. The zero-order valence-electron chi connectivity index (χ0n) is 11.4. The maximum absolute atomic E-state index is 12.2. The van der Waals surface area contributed by atoms with Gasteiger partial charge in [-0.05, 0) is 31.5 Å². The van der Waals surface area contributed by atoms with Crippen LogP contribution in [-0.4, -0.2) is 16.1 Å². The number of hydrogen-bond acceptors (Lipinski definition) is 3. The zero-order chi connectivity index (χ0) is 14.1. The molecule has 0 saturated heterocycles. The molecule has 5 heteroatoms. The smallest absolute Gasteiger partial charge is 0.272 e. The van der Waals surface area contributed by atoms with Gasteiger partial charge < -0.3 is 5.32 Å². The highest BCUT2D eigenvalue weighted by Gasteiger charge is 2.13. The number of aryl methyl sites for hydroxylation is 2. The van der Waals surface area contributed by atoms with Crippen LogP contribution in [0.15, 0.2) is 30.3 Å². The topological polar surface area (TPSA) is 57.8 Å². The Bertz CT molecular complexity index is 753. The van der Waals surface area contributed by atoms with Crippen LogP contribution in [0, 0.1) is 13.8 Å². The fraction of sp³-hybridized carbons (Fsp3) is 0.200. The van der Waals surface area contributed by atoms with Gasteiger partial charge in [-0.3, -0.25) is 9.89 Å². The van der Waals surface area contributed by atoms with Gasteiger partial charge in [0.2, 0.25) is 0 Å². The number of amides is 1. The molecule has 0 saturated carbocycles. The predicted molar refractivity (Wildman–Crippen MR) is 81.1 cm³/mol. The van der Waals surface area contributed by atoms with Crippen LogP contribution in [0.2, 0.25) is 0 Å². The SMILES string of the molecule is Cc1cc(CNC(=O)c2n[nH]c3ccccc23)sc1C. The molecule has 0 atom stereocenters. The second-order valence-corrected chi connectivity index (χ2v) is 6.09. The van der Waals surface area contributed by atoms with Gasteiger partial charge in [0.25, 0.3) is 5.91 Å². The first-order valence-electron chi connectivity index (χ1n) is 6.42. The van der Waals surface area contributed by atoms with Crippen molar-refractivity contribution in [1.29, 1.82) is 0 Å². The van der Waals surface area contributed by atoms with Crippen LogP contribution in [0.25, 0.3) is 10.9 Å². The molecule has 0 aliphatic heterocycles. The summed E-state index contributed by atoms with van der Waals surface area (Å²) in [5.74, 6) is -0.147. The number of thiophene rings is 1. The monoisotopic (exact) mass is 285 g/mol. The lowest BCUT2D eigenvalue weighted by Gasteiger charge is -2.01. The molecule has 0 aliphatic rings. The summed E-state index contributed by atoms with van der Waals surface area (Å²) in [5.41, 5.74) is 2.59. The molecule has 4 nitrogen and oxygen atoms in total. The summed E-state index contributed by atoms with van der Waals surface area (Å²) >= 11 is 1.71. The number of para-hydroxylation sites is 1. The van der Waals surface area contributed by atoms with E-state index in [2.05, 4.69) is 35.4 Å². The summed E-state index contributed by atoms with van der Waals surface area (Å²) in [6.45, 7) is 4.71. The normalized spacial score (nSPS) is 10.9. The van der Waals surface area contributed by atoms with E-state index in [-0.39, 0.29) is 5.91 Å². The Hall–Kier alpha value is -2.14. The van der Waals surface area contributed by atoms with E-state index in [0.29, 0.717) is 12.2 Å². The second kappa shape index (κ2) is 5.09. The molecular formula is C15H15N3OS. The zero-order valence-corrected chi connectivity index (χ0v) is 12.2. The van der Waals surface area contributed by atoms with Crippen LogP contribution in [0.5, 0.6) is 0 Å². The third-order valence-corrected chi connectivity index (χ3v) is 4.48. The quantitative estimate of drug-likeness (QED) is 0.776. The molecule has 3 aromatic rings. The average molecular weight is 285 g/mol. The Morgan fingerprint density at radius 2 is 2.15 bits per heavy atom. The molecule has 0 bridgehead atoms. The highest BCUT2D eigenvalue weighted by molar-refractivity contribution is 7.12. The molecule has 0 radical (unpaired) electrons. The lowest BCUT2D eigenvalue weighted by Crippen LogP contribution is -2.22. The van der Waals surface area contributed by atoms with Crippen LogP contribution < -0.4 is 5.32 Å². The highest BCUT2D eigenvalue weighted by atomic mass is 32.1. The van der Waals surface area contributed by atoms with E-state index in [4.69, 9.17) is 0 Å². The van der Waals surface area contributed by atoms with Crippen LogP contribution in [-0.2, 0) is 6.54 Å². The Kier molecular flexibility index (Phi) is 3.28. The van der Waals surface area contributed by atoms with Crippen molar-refractivity contribution in [3.05, 3.63) is 51.3 Å². The third-order valence-electron chi connectivity index (χ3n) is 3.33. The molecule has 2 aromatic heterocycles. The molecule has 0 unspecified atom stereocenters. The predicted octanol–water partition coefficient (Wildman–Crippen LogP) is 3.17. The number of nitrogens with zero attached hydrogens (tertiary/aromatic N) is 1. The Labute approximate surface area is 120 Å². The molecule has 3 rings (SSSR count). The summed E-state index contributed by atoms with van der Waals surface area (Å²) in [6, 6.07) is 9.74. The average Bonchev–Trinajstić information content (AvgIpc) is 3.00. The van der Waals surface area contributed by atoms with Gasteiger partial charge in [0.1, 0.15) is 0 Å². The molecular weight excluding hydrogens is 270 g/mol. The Morgan fingerprint density at radius 3 is 2.90 bits per heavy atom. The van der Waals surface area contributed by atoms with Crippen molar-refractivity contribution in [2.75, 3.05) is 0 Å². The minimum atomic E-state index is -0.147. The summed E-state index contributed by atoms with van der Waals surface area (Å²) in [5, 5.41) is 10.7. The fourth-order valence-electron chi connectivity index (χ4n) is 2.12. The van der Waals surface area contributed by atoms with Gasteiger partial charge in [0.15, 0.2) is 5.69 Å². The largest absolute Gasteiger partial charge is 0.346 e. The van der Waals surface area contributed by atoms with Gasteiger partial charge in [-0.15, -0.1) is 11.3 Å². The lowest BCUT2D eigenvalue weighted by molar-refractivity contribution is 0.0948. The molecule has 20 heavy (non-hydrogen) atoms. The molecule has 102 valence electrons. The molecule has 0 spiro atoms. The standard InChI is InChI=1S/C15H15N3OS/c1-9-7-11(20-10(9)2)8-16-15(19)14-12-5-3-4-6-13(12)17-18-14/h3-7H,8H2,1-2H3,(H,16,19)(H,17,18). The maximum Gasteiger partial charge on any atom is 0.272 e. The van der Waals surface area contributed by atoms with Crippen LogP contribution in [0.3, 0.4) is 0 Å². The van der Waals surface area contributed by atoms with Gasteiger partial charge in [-0.25, -0.2) is 0 Å². The van der Waals surface area contributed by atoms with E-state index in [1.807, 2.05) is 24.3 Å². The number of aromatic amines is 1. The van der Waals surface area contributed by atoms with E-state index < -0.39 is 0 Å². The van der Waals surface area contributed by atoms with Crippen LogP contribution >= 0.6 is 11.3 Å². The molecule has 2 N–H and O–H groups in total. The fourth-order valence-corrected chi connectivity index (χ4v) is 3.12. The van der Waals surface area contributed by atoms with Crippen molar-refractivity contribution in [2.24, 2.45) is 0 Å². The van der Waals surface area contributed by atoms with Crippen molar-refractivity contribution in [3.8, 4) is 0 Å². The van der Waals surface area contributed by atoms with Crippen molar-refractivity contribution in [3.63, 3.8) is 0 Å². The first-order valence-corrected chi connectivity index (χ1v) is 7.24. The minimum Gasteiger partial charge on any atom is -0.346 e. The van der Waals surface area contributed by atoms with E-state index in [9.17, 15) is 4.79 Å². The molecule has 2 heterocycles. The number of benzene rings is 1. The number of fused-ring (bicyclic) bond motifs is 1. The number of carbonyl (C=O) groups is 1. The van der Waals surface area contributed by atoms with Gasteiger partial charge in [0.05, 0.1) is 12.1 Å². The molecule has 1 amide bonds. The number of carbonyl (C=O) groups excluding carboxylic acids is 1. The van der Waals surface area contributed by atoms with E-state index in [1.165, 1.54) is 10.4 Å².